The van der Waals surface area contributed by atoms with E-state index in [0.717, 1.165) is 5.69 Å². The average molecular weight is 369 g/mol. The van der Waals surface area contributed by atoms with Gasteiger partial charge >= 0.3 is 0 Å². The number of para-hydroxylation sites is 1. The standard InChI is InChI=1S/C17H28N4O3S/c1-3-21(4-2)25(23,24)19-16-10-12-20(13-11-16)14-17(22)18-15-8-6-5-7-9-15/h5-9,16,19H,3-4,10-14H2,1-2H3,(H,18,22). The molecule has 2 rings (SSSR count). The zero-order valence-electron chi connectivity index (χ0n) is 14.9. The third-order valence-corrected chi connectivity index (χ3v) is 6.20. The molecule has 8 heteroatoms. The minimum atomic E-state index is -3.42. The summed E-state index contributed by atoms with van der Waals surface area (Å²) in [4.78, 5) is 14.1. The molecule has 1 aromatic carbocycles. The smallest absolute Gasteiger partial charge is 0.279 e. The lowest BCUT2D eigenvalue weighted by molar-refractivity contribution is -0.117. The van der Waals surface area contributed by atoms with Crippen molar-refractivity contribution in [3.05, 3.63) is 30.3 Å². The fourth-order valence-electron chi connectivity index (χ4n) is 2.98. The Balaban J connectivity index is 1.77. The quantitative estimate of drug-likeness (QED) is 0.724. The summed E-state index contributed by atoms with van der Waals surface area (Å²) in [6, 6.07) is 9.29. The molecular weight excluding hydrogens is 340 g/mol. The molecule has 1 amide bonds. The highest BCUT2D eigenvalue weighted by Gasteiger charge is 2.27. The number of anilines is 1. The second-order valence-corrected chi connectivity index (χ2v) is 7.87. The highest BCUT2D eigenvalue weighted by molar-refractivity contribution is 7.87. The Hall–Kier alpha value is -1.48. The normalized spacial score (nSPS) is 16.9. The maximum atomic E-state index is 12.3. The fourth-order valence-corrected chi connectivity index (χ4v) is 4.47. The Labute approximate surface area is 150 Å². The van der Waals surface area contributed by atoms with Gasteiger partial charge in [-0.3, -0.25) is 9.69 Å². The van der Waals surface area contributed by atoms with E-state index in [1.807, 2.05) is 44.2 Å². The largest absolute Gasteiger partial charge is 0.325 e. The number of amides is 1. The van der Waals surface area contributed by atoms with Crippen molar-refractivity contribution in [2.24, 2.45) is 0 Å². The first-order valence-corrected chi connectivity index (χ1v) is 10.2. The van der Waals surface area contributed by atoms with E-state index in [1.165, 1.54) is 4.31 Å². The summed E-state index contributed by atoms with van der Waals surface area (Å²) in [6.45, 7) is 6.31. The lowest BCUT2D eigenvalue weighted by Crippen LogP contribution is -2.50. The number of rotatable bonds is 8. The number of carbonyl (C=O) groups is 1. The van der Waals surface area contributed by atoms with Crippen LogP contribution in [0, 0.1) is 0 Å². The zero-order valence-corrected chi connectivity index (χ0v) is 15.8. The lowest BCUT2D eigenvalue weighted by Gasteiger charge is -2.32. The summed E-state index contributed by atoms with van der Waals surface area (Å²) in [7, 11) is -3.42. The van der Waals surface area contributed by atoms with Gasteiger partial charge in [0.2, 0.25) is 5.91 Å². The van der Waals surface area contributed by atoms with Crippen molar-refractivity contribution in [3.63, 3.8) is 0 Å². The molecule has 7 nitrogen and oxygen atoms in total. The summed E-state index contributed by atoms with van der Waals surface area (Å²) in [5.74, 6) is -0.0478. The van der Waals surface area contributed by atoms with E-state index in [1.54, 1.807) is 0 Å². The SMILES string of the molecule is CCN(CC)S(=O)(=O)NC1CCN(CC(=O)Nc2ccccc2)CC1. The Morgan fingerprint density at radius 2 is 1.76 bits per heavy atom. The molecule has 1 aliphatic rings. The van der Waals surface area contributed by atoms with Crippen molar-refractivity contribution < 1.29 is 13.2 Å². The zero-order chi connectivity index (χ0) is 18.3. The number of piperidine rings is 1. The number of carbonyl (C=O) groups excluding carboxylic acids is 1. The molecule has 0 radical (unpaired) electrons. The van der Waals surface area contributed by atoms with Crippen molar-refractivity contribution in [2.45, 2.75) is 32.7 Å². The highest BCUT2D eigenvalue weighted by atomic mass is 32.2. The third kappa shape index (κ3) is 6.07. The molecular formula is C17H28N4O3S. The Kier molecular flexibility index (Phi) is 7.37. The van der Waals surface area contributed by atoms with Gasteiger partial charge in [-0.05, 0) is 25.0 Å². The molecule has 0 aromatic heterocycles. The molecule has 0 unspecified atom stereocenters. The first-order valence-electron chi connectivity index (χ1n) is 8.79. The minimum Gasteiger partial charge on any atom is -0.325 e. The van der Waals surface area contributed by atoms with Crippen LogP contribution in [0.5, 0.6) is 0 Å². The molecule has 25 heavy (non-hydrogen) atoms. The topological polar surface area (TPSA) is 81.8 Å². The van der Waals surface area contributed by atoms with Crippen LogP contribution in [0.4, 0.5) is 5.69 Å². The Morgan fingerprint density at radius 3 is 2.32 bits per heavy atom. The van der Waals surface area contributed by atoms with Gasteiger partial charge < -0.3 is 5.32 Å². The molecule has 0 atom stereocenters. The van der Waals surface area contributed by atoms with E-state index in [2.05, 4.69) is 14.9 Å². The van der Waals surface area contributed by atoms with Gasteiger partial charge in [-0.15, -0.1) is 0 Å². The summed E-state index contributed by atoms with van der Waals surface area (Å²) in [6.07, 6.45) is 1.41. The van der Waals surface area contributed by atoms with Gasteiger partial charge in [-0.25, -0.2) is 0 Å². The van der Waals surface area contributed by atoms with Gasteiger partial charge in [0.15, 0.2) is 0 Å². The molecule has 1 fully saturated rings. The monoisotopic (exact) mass is 368 g/mol. The Bertz CT molecular complexity index is 639. The first-order chi connectivity index (χ1) is 11.9. The van der Waals surface area contributed by atoms with Gasteiger partial charge in [0.1, 0.15) is 0 Å². The molecule has 1 saturated heterocycles. The molecule has 2 N–H and O–H groups in total. The van der Waals surface area contributed by atoms with E-state index in [4.69, 9.17) is 0 Å². The van der Waals surface area contributed by atoms with E-state index >= 15 is 0 Å². The molecule has 140 valence electrons. The molecule has 0 aliphatic carbocycles. The van der Waals surface area contributed by atoms with Gasteiger partial charge in [-0.2, -0.15) is 17.4 Å². The van der Waals surface area contributed by atoms with Crippen LogP contribution in [0.1, 0.15) is 26.7 Å². The van der Waals surface area contributed by atoms with E-state index in [-0.39, 0.29) is 11.9 Å². The molecule has 0 spiro atoms. The maximum absolute atomic E-state index is 12.3. The van der Waals surface area contributed by atoms with Crippen LogP contribution < -0.4 is 10.0 Å². The van der Waals surface area contributed by atoms with Crippen LogP contribution >= 0.6 is 0 Å². The predicted octanol–water partition coefficient (Wildman–Crippen LogP) is 1.27. The number of hydrogen-bond acceptors (Lipinski definition) is 4. The number of nitrogens with one attached hydrogen (secondary N) is 2. The van der Waals surface area contributed by atoms with Gasteiger partial charge in [0, 0.05) is 37.9 Å². The van der Waals surface area contributed by atoms with Crippen LogP contribution in [0.15, 0.2) is 30.3 Å². The van der Waals surface area contributed by atoms with Crippen molar-refractivity contribution in [1.82, 2.24) is 13.9 Å². The molecule has 0 bridgehead atoms. The molecule has 1 aromatic rings. The summed E-state index contributed by atoms with van der Waals surface area (Å²) >= 11 is 0. The third-order valence-electron chi connectivity index (χ3n) is 4.37. The Morgan fingerprint density at radius 1 is 1.16 bits per heavy atom. The van der Waals surface area contributed by atoms with Gasteiger partial charge in [0.05, 0.1) is 6.54 Å². The molecule has 1 heterocycles. The highest BCUT2D eigenvalue weighted by Crippen LogP contribution is 2.13. The minimum absolute atomic E-state index is 0.0478. The van der Waals surface area contributed by atoms with Crippen molar-refractivity contribution in [2.75, 3.05) is 38.0 Å². The fraction of sp³-hybridized carbons (Fsp3) is 0.588. The second-order valence-electron chi connectivity index (χ2n) is 6.17. The summed E-state index contributed by atoms with van der Waals surface area (Å²) < 4.78 is 28.7. The number of benzene rings is 1. The van der Waals surface area contributed by atoms with E-state index in [9.17, 15) is 13.2 Å². The van der Waals surface area contributed by atoms with Crippen molar-refractivity contribution in [1.29, 1.82) is 0 Å². The predicted molar refractivity (Wildman–Crippen MR) is 99.5 cm³/mol. The van der Waals surface area contributed by atoms with E-state index < -0.39 is 10.2 Å². The van der Waals surface area contributed by atoms with Gasteiger partial charge in [0.25, 0.3) is 10.2 Å². The van der Waals surface area contributed by atoms with Crippen LogP contribution in [0.3, 0.4) is 0 Å². The van der Waals surface area contributed by atoms with Crippen LogP contribution in [0.2, 0.25) is 0 Å². The second kappa shape index (κ2) is 9.28. The van der Waals surface area contributed by atoms with Crippen LogP contribution in [0.25, 0.3) is 0 Å². The van der Waals surface area contributed by atoms with Gasteiger partial charge in [-0.1, -0.05) is 32.0 Å². The number of hydrogen-bond donors (Lipinski definition) is 2. The van der Waals surface area contributed by atoms with E-state index in [0.29, 0.717) is 45.6 Å². The first kappa shape index (κ1) is 19.8. The van der Waals surface area contributed by atoms with Crippen molar-refractivity contribution in [3.8, 4) is 0 Å². The van der Waals surface area contributed by atoms with Crippen LogP contribution in [-0.4, -0.2) is 62.3 Å². The number of nitrogens with zero attached hydrogens (tertiary/aromatic N) is 2. The van der Waals surface area contributed by atoms with Crippen LogP contribution in [-0.2, 0) is 15.0 Å². The number of likely N-dealkylation sites (tertiary alicyclic amines) is 1. The summed E-state index contributed by atoms with van der Waals surface area (Å²) in [5, 5.41) is 2.87. The molecule has 1 aliphatic heterocycles. The van der Waals surface area contributed by atoms with Crippen molar-refractivity contribution >= 4 is 21.8 Å². The lowest BCUT2D eigenvalue weighted by atomic mass is 10.1. The summed E-state index contributed by atoms with van der Waals surface area (Å²) in [5.41, 5.74) is 0.786. The maximum Gasteiger partial charge on any atom is 0.279 e. The molecule has 0 saturated carbocycles. The average Bonchev–Trinajstić information content (AvgIpc) is 2.58.